The van der Waals surface area contributed by atoms with Crippen molar-refractivity contribution in [2.75, 3.05) is 13.1 Å². The number of rotatable bonds is 2. The van der Waals surface area contributed by atoms with Gasteiger partial charge in [0.15, 0.2) is 0 Å². The van der Waals surface area contributed by atoms with E-state index in [4.69, 9.17) is 0 Å². The van der Waals surface area contributed by atoms with Gasteiger partial charge in [0.25, 0.3) is 0 Å². The van der Waals surface area contributed by atoms with E-state index >= 15 is 0 Å². The summed E-state index contributed by atoms with van der Waals surface area (Å²) in [7, 11) is 0. The summed E-state index contributed by atoms with van der Waals surface area (Å²) < 4.78 is 0. The number of nitrogens with zero attached hydrogens (tertiary/aromatic N) is 1. The van der Waals surface area contributed by atoms with Gasteiger partial charge in [0.2, 0.25) is 11.8 Å². The van der Waals surface area contributed by atoms with E-state index in [0.29, 0.717) is 0 Å². The molecule has 0 spiro atoms. The quantitative estimate of drug-likeness (QED) is 0.682. The fourth-order valence-corrected chi connectivity index (χ4v) is 1.84. The average Bonchev–Trinajstić information content (AvgIpc) is 2.79. The van der Waals surface area contributed by atoms with E-state index in [1.807, 2.05) is 0 Å². The summed E-state index contributed by atoms with van der Waals surface area (Å²) in [6, 6.07) is -0.349. The number of carbonyl (C=O) groups excluding carboxylic acids is 2. The molecule has 0 aromatic rings. The van der Waals surface area contributed by atoms with Crippen LogP contribution >= 0.6 is 0 Å². The summed E-state index contributed by atoms with van der Waals surface area (Å²) in [5.74, 6) is 0.0130. The summed E-state index contributed by atoms with van der Waals surface area (Å²) in [5.41, 5.74) is 0.285. The van der Waals surface area contributed by atoms with Crippen LogP contribution in [0.15, 0.2) is 0 Å². The topological polar surface area (TPSA) is 49.4 Å². The van der Waals surface area contributed by atoms with Crippen molar-refractivity contribution < 1.29 is 9.59 Å². The number of amides is 2. The summed E-state index contributed by atoms with van der Waals surface area (Å²) in [6.45, 7) is 4.88. The summed E-state index contributed by atoms with van der Waals surface area (Å²) in [5, 5.41) is 2.64. The third-order valence-corrected chi connectivity index (χ3v) is 3.07. The van der Waals surface area contributed by atoms with Gasteiger partial charge in [0.05, 0.1) is 6.54 Å². The van der Waals surface area contributed by atoms with Crippen molar-refractivity contribution >= 4 is 11.8 Å². The molecule has 0 radical (unpaired) electrons. The van der Waals surface area contributed by atoms with Crippen molar-refractivity contribution in [1.29, 1.82) is 0 Å². The Labute approximate surface area is 83.6 Å². The van der Waals surface area contributed by atoms with Crippen molar-refractivity contribution in [3.8, 4) is 0 Å². The van der Waals surface area contributed by atoms with Crippen LogP contribution in [0.2, 0.25) is 0 Å². The first-order chi connectivity index (χ1) is 6.50. The Kier molecular flexibility index (Phi) is 2.01. The van der Waals surface area contributed by atoms with Crippen molar-refractivity contribution in [3.05, 3.63) is 0 Å². The van der Waals surface area contributed by atoms with E-state index in [2.05, 4.69) is 12.2 Å². The van der Waals surface area contributed by atoms with E-state index < -0.39 is 0 Å². The van der Waals surface area contributed by atoms with Crippen molar-refractivity contribution in [2.24, 2.45) is 5.41 Å². The lowest BCUT2D eigenvalue weighted by molar-refractivity contribution is -0.144. The highest BCUT2D eigenvalue weighted by atomic mass is 16.2. The number of hydrogen-bond acceptors (Lipinski definition) is 2. The minimum atomic E-state index is -0.349. The Bertz CT molecular complexity index is 284. The molecule has 1 unspecified atom stereocenters. The molecule has 14 heavy (non-hydrogen) atoms. The second-order valence-corrected chi connectivity index (χ2v) is 4.79. The predicted octanol–water partition coefficient (Wildman–Crippen LogP) is 0.133. The van der Waals surface area contributed by atoms with Crippen LogP contribution in [0.4, 0.5) is 0 Å². The maximum atomic E-state index is 11.7. The van der Waals surface area contributed by atoms with Gasteiger partial charge in [-0.3, -0.25) is 9.59 Å². The minimum Gasteiger partial charge on any atom is -0.343 e. The normalized spacial score (nSPS) is 30.1. The van der Waals surface area contributed by atoms with Crippen molar-refractivity contribution in [3.63, 3.8) is 0 Å². The third kappa shape index (κ3) is 1.74. The molecule has 2 amide bonds. The number of carbonyl (C=O) groups is 2. The molecule has 1 heterocycles. The van der Waals surface area contributed by atoms with Gasteiger partial charge in [-0.1, -0.05) is 6.92 Å². The predicted molar refractivity (Wildman–Crippen MR) is 51.5 cm³/mol. The molecule has 2 aliphatic rings. The molecule has 0 bridgehead atoms. The molecule has 78 valence electrons. The molecule has 1 saturated carbocycles. The third-order valence-electron chi connectivity index (χ3n) is 3.07. The first-order valence-corrected chi connectivity index (χ1v) is 5.08. The average molecular weight is 196 g/mol. The van der Waals surface area contributed by atoms with Crippen molar-refractivity contribution in [2.45, 2.75) is 32.7 Å². The van der Waals surface area contributed by atoms with Crippen LogP contribution in [0.3, 0.4) is 0 Å². The van der Waals surface area contributed by atoms with Gasteiger partial charge in [-0.15, -0.1) is 0 Å². The fourth-order valence-electron chi connectivity index (χ4n) is 1.84. The summed E-state index contributed by atoms with van der Waals surface area (Å²) in [6.07, 6.45) is 2.35. The molecule has 4 heteroatoms. The van der Waals surface area contributed by atoms with E-state index in [-0.39, 0.29) is 29.8 Å². The molecular formula is C10H16N2O2. The minimum absolute atomic E-state index is 0.0404. The van der Waals surface area contributed by atoms with Crippen LogP contribution in [0.25, 0.3) is 0 Å². The molecule has 2 rings (SSSR count). The first-order valence-electron chi connectivity index (χ1n) is 5.08. The largest absolute Gasteiger partial charge is 0.343 e. The summed E-state index contributed by atoms with van der Waals surface area (Å²) in [4.78, 5) is 24.6. The number of hydrogen-bond donors (Lipinski definition) is 1. The van der Waals surface area contributed by atoms with Crippen LogP contribution in [0, 0.1) is 5.41 Å². The zero-order valence-electron chi connectivity index (χ0n) is 8.67. The molecule has 1 aliphatic carbocycles. The lowest BCUT2D eigenvalue weighted by Crippen LogP contribution is -2.57. The van der Waals surface area contributed by atoms with Gasteiger partial charge >= 0.3 is 0 Å². The second-order valence-electron chi connectivity index (χ2n) is 4.79. The first kappa shape index (κ1) is 9.49. The highest BCUT2D eigenvalue weighted by Crippen LogP contribution is 2.45. The second kappa shape index (κ2) is 2.97. The Balaban J connectivity index is 2.01. The Morgan fingerprint density at radius 3 is 2.71 bits per heavy atom. The maximum absolute atomic E-state index is 11.7. The molecule has 2 fully saturated rings. The van der Waals surface area contributed by atoms with Gasteiger partial charge < -0.3 is 10.2 Å². The van der Waals surface area contributed by atoms with Gasteiger partial charge in [-0.2, -0.15) is 0 Å². The molecule has 1 aliphatic heterocycles. The molecular weight excluding hydrogens is 180 g/mol. The van der Waals surface area contributed by atoms with Crippen LogP contribution in [0.5, 0.6) is 0 Å². The Morgan fingerprint density at radius 1 is 1.50 bits per heavy atom. The molecule has 1 atom stereocenters. The fraction of sp³-hybridized carbons (Fsp3) is 0.800. The van der Waals surface area contributed by atoms with Crippen LogP contribution in [0.1, 0.15) is 26.7 Å². The van der Waals surface area contributed by atoms with Gasteiger partial charge in [-0.25, -0.2) is 0 Å². The molecule has 0 aromatic carbocycles. The lowest BCUT2D eigenvalue weighted by atomic mass is 10.1. The summed E-state index contributed by atoms with van der Waals surface area (Å²) >= 11 is 0. The van der Waals surface area contributed by atoms with E-state index in [1.165, 1.54) is 12.8 Å². The Hall–Kier alpha value is -1.06. The zero-order chi connectivity index (χ0) is 10.3. The molecule has 1 N–H and O–H groups in total. The highest BCUT2D eigenvalue weighted by Gasteiger charge is 2.42. The number of nitrogens with one attached hydrogen (secondary N) is 1. The smallest absolute Gasteiger partial charge is 0.245 e. The van der Waals surface area contributed by atoms with Crippen LogP contribution in [-0.4, -0.2) is 35.8 Å². The van der Waals surface area contributed by atoms with E-state index in [0.717, 1.165) is 6.54 Å². The Morgan fingerprint density at radius 2 is 2.14 bits per heavy atom. The van der Waals surface area contributed by atoms with Crippen molar-refractivity contribution in [1.82, 2.24) is 10.2 Å². The lowest BCUT2D eigenvalue weighted by Gasteiger charge is -2.32. The standard InChI is InChI=1S/C10H16N2O2/c1-7-9(14)12(5-8(13)11-7)6-10(2)3-4-10/h7H,3-6H2,1-2H3,(H,11,13). The van der Waals surface area contributed by atoms with Gasteiger partial charge in [-0.05, 0) is 25.2 Å². The van der Waals surface area contributed by atoms with E-state index in [1.54, 1.807) is 11.8 Å². The van der Waals surface area contributed by atoms with Gasteiger partial charge in [0, 0.05) is 6.54 Å². The monoisotopic (exact) mass is 196 g/mol. The van der Waals surface area contributed by atoms with Gasteiger partial charge in [0.1, 0.15) is 6.04 Å². The molecule has 4 nitrogen and oxygen atoms in total. The highest BCUT2D eigenvalue weighted by molar-refractivity contribution is 5.94. The molecule has 1 saturated heterocycles. The maximum Gasteiger partial charge on any atom is 0.245 e. The van der Waals surface area contributed by atoms with Crippen LogP contribution in [-0.2, 0) is 9.59 Å². The van der Waals surface area contributed by atoms with Crippen LogP contribution < -0.4 is 5.32 Å². The zero-order valence-corrected chi connectivity index (χ0v) is 8.67. The number of piperazine rings is 1. The van der Waals surface area contributed by atoms with E-state index in [9.17, 15) is 9.59 Å². The SMILES string of the molecule is CC1NC(=O)CN(CC2(C)CC2)C1=O. The molecule has 0 aromatic heterocycles.